The van der Waals surface area contributed by atoms with Gasteiger partial charge in [-0.2, -0.15) is 8.61 Å². The van der Waals surface area contributed by atoms with Crippen molar-refractivity contribution in [3.63, 3.8) is 0 Å². The first-order chi connectivity index (χ1) is 16.7. The molecule has 35 heavy (non-hydrogen) atoms. The molecule has 2 aromatic rings. The lowest BCUT2D eigenvalue weighted by Gasteiger charge is -2.26. The molecule has 0 atom stereocenters. The van der Waals surface area contributed by atoms with E-state index in [1.54, 1.807) is 24.3 Å². The third-order valence-electron chi connectivity index (χ3n) is 5.80. The molecule has 0 saturated carbocycles. The Kier molecular flexibility index (Phi) is 9.50. The average Bonchev–Trinajstić information content (AvgIpc) is 2.90. The highest BCUT2D eigenvalue weighted by molar-refractivity contribution is 7.89. The first-order valence-corrected chi connectivity index (χ1v) is 14.3. The van der Waals surface area contributed by atoms with Crippen molar-refractivity contribution in [3.8, 4) is 11.5 Å². The van der Waals surface area contributed by atoms with Gasteiger partial charge in [-0.1, -0.05) is 17.7 Å². The van der Waals surface area contributed by atoms with E-state index in [9.17, 15) is 16.8 Å². The summed E-state index contributed by atoms with van der Waals surface area (Å²) in [4.78, 5) is 0.618. The Morgan fingerprint density at radius 2 is 1.09 bits per heavy atom. The molecule has 0 amide bonds. The summed E-state index contributed by atoms with van der Waals surface area (Å²) in [6, 6.07) is 11.6. The van der Waals surface area contributed by atoms with Crippen molar-refractivity contribution in [3.05, 3.63) is 48.0 Å². The molecular formula is C23H34N4O6S2. The van der Waals surface area contributed by atoms with Gasteiger partial charge in [0.1, 0.15) is 0 Å². The highest BCUT2D eigenvalue weighted by Crippen LogP contribution is 2.30. The molecule has 0 spiro atoms. The number of rotatable bonds is 6. The van der Waals surface area contributed by atoms with Gasteiger partial charge < -0.3 is 20.1 Å². The predicted octanol–water partition coefficient (Wildman–Crippen LogP) is 0.887. The minimum Gasteiger partial charge on any atom is -0.493 e. The first-order valence-electron chi connectivity index (χ1n) is 11.4. The molecule has 4 rings (SSSR count). The molecule has 2 N–H and O–H groups in total. The molecule has 2 fully saturated rings. The standard InChI is InChI=1S/C12H18N2O4S.C11H16N2O2S/c1-17-11-4-3-10(9-12(11)18-2)19(15,16)14-7-5-13-6-8-14;1-10-2-4-11(5-3-10)16(14,15)13-8-6-12-7-9-13/h3-4,9,13H,5-8H2,1-2H3;2-5,12H,6-9H2,1H3. The van der Waals surface area contributed by atoms with Crippen LogP contribution in [0.5, 0.6) is 11.5 Å². The Labute approximate surface area is 208 Å². The monoisotopic (exact) mass is 526 g/mol. The number of hydrogen-bond donors (Lipinski definition) is 2. The van der Waals surface area contributed by atoms with Gasteiger partial charge in [-0.3, -0.25) is 0 Å². The van der Waals surface area contributed by atoms with Crippen LogP contribution in [-0.2, 0) is 20.0 Å². The van der Waals surface area contributed by atoms with E-state index in [0.717, 1.165) is 18.7 Å². The number of piperazine rings is 2. The van der Waals surface area contributed by atoms with Crippen LogP contribution in [0.4, 0.5) is 0 Å². The van der Waals surface area contributed by atoms with Crippen molar-refractivity contribution in [2.75, 3.05) is 66.6 Å². The van der Waals surface area contributed by atoms with E-state index in [0.29, 0.717) is 55.7 Å². The molecule has 0 bridgehead atoms. The Morgan fingerprint density at radius 3 is 1.54 bits per heavy atom. The Bertz CT molecular complexity index is 1170. The Morgan fingerprint density at radius 1 is 0.657 bits per heavy atom. The number of nitrogens with one attached hydrogen (secondary N) is 2. The van der Waals surface area contributed by atoms with E-state index in [1.165, 1.54) is 28.9 Å². The fourth-order valence-electron chi connectivity index (χ4n) is 3.75. The zero-order valence-corrected chi connectivity index (χ0v) is 22.0. The number of benzene rings is 2. The van der Waals surface area contributed by atoms with Gasteiger partial charge in [0.25, 0.3) is 0 Å². The molecule has 2 aliphatic heterocycles. The fraction of sp³-hybridized carbons (Fsp3) is 0.478. The van der Waals surface area contributed by atoms with Crippen molar-refractivity contribution in [1.29, 1.82) is 0 Å². The number of sulfonamides is 2. The lowest BCUT2D eigenvalue weighted by atomic mass is 10.2. The molecule has 194 valence electrons. The summed E-state index contributed by atoms with van der Waals surface area (Å²) in [7, 11) is -3.75. The van der Waals surface area contributed by atoms with Gasteiger partial charge in [0, 0.05) is 58.4 Å². The third kappa shape index (κ3) is 6.72. The van der Waals surface area contributed by atoms with Crippen LogP contribution in [0, 0.1) is 6.92 Å². The minimum absolute atomic E-state index is 0.229. The van der Waals surface area contributed by atoms with Crippen molar-refractivity contribution >= 4 is 20.0 Å². The van der Waals surface area contributed by atoms with Crippen LogP contribution in [0.2, 0.25) is 0 Å². The minimum atomic E-state index is -3.46. The van der Waals surface area contributed by atoms with Gasteiger partial charge >= 0.3 is 0 Å². The van der Waals surface area contributed by atoms with E-state index in [4.69, 9.17) is 9.47 Å². The first kappa shape index (κ1) is 27.4. The maximum Gasteiger partial charge on any atom is 0.243 e. The second kappa shape index (κ2) is 12.2. The second-order valence-electron chi connectivity index (χ2n) is 8.14. The molecule has 0 unspecified atom stereocenters. The van der Waals surface area contributed by atoms with Crippen molar-refractivity contribution in [2.45, 2.75) is 16.7 Å². The van der Waals surface area contributed by atoms with Crippen LogP contribution in [-0.4, -0.2) is 92.0 Å². The number of nitrogens with zero attached hydrogens (tertiary/aromatic N) is 2. The van der Waals surface area contributed by atoms with E-state index < -0.39 is 20.0 Å². The third-order valence-corrected chi connectivity index (χ3v) is 9.61. The molecule has 0 radical (unpaired) electrons. The molecule has 10 nitrogen and oxygen atoms in total. The van der Waals surface area contributed by atoms with Crippen LogP contribution in [0.1, 0.15) is 5.56 Å². The largest absolute Gasteiger partial charge is 0.493 e. The van der Waals surface area contributed by atoms with Gasteiger partial charge in [0.15, 0.2) is 11.5 Å². The summed E-state index contributed by atoms with van der Waals surface area (Å²) < 4.78 is 62.6. The molecule has 2 saturated heterocycles. The van der Waals surface area contributed by atoms with Crippen LogP contribution in [0.15, 0.2) is 52.3 Å². The Hall–Kier alpha value is -2.22. The quantitative estimate of drug-likeness (QED) is 0.570. The van der Waals surface area contributed by atoms with Gasteiger partial charge in [-0.25, -0.2) is 16.8 Å². The van der Waals surface area contributed by atoms with Crippen molar-refractivity contribution in [1.82, 2.24) is 19.2 Å². The van der Waals surface area contributed by atoms with E-state index in [1.807, 2.05) is 19.1 Å². The molecular weight excluding hydrogens is 492 g/mol. The van der Waals surface area contributed by atoms with Gasteiger partial charge in [-0.15, -0.1) is 0 Å². The highest BCUT2D eigenvalue weighted by Gasteiger charge is 2.27. The highest BCUT2D eigenvalue weighted by atomic mass is 32.2. The van der Waals surface area contributed by atoms with Crippen LogP contribution < -0.4 is 20.1 Å². The van der Waals surface area contributed by atoms with Crippen molar-refractivity contribution < 1.29 is 26.3 Å². The number of aryl methyl sites for hydroxylation is 1. The van der Waals surface area contributed by atoms with E-state index in [2.05, 4.69) is 10.6 Å². The lowest BCUT2D eigenvalue weighted by molar-refractivity contribution is 0.350. The molecule has 12 heteroatoms. The van der Waals surface area contributed by atoms with Crippen molar-refractivity contribution in [2.24, 2.45) is 0 Å². The molecule has 0 aliphatic carbocycles. The van der Waals surface area contributed by atoms with E-state index in [-0.39, 0.29) is 4.90 Å². The Balaban J connectivity index is 0.000000198. The fourth-order valence-corrected chi connectivity index (χ4v) is 6.65. The SMILES string of the molecule is COc1ccc(S(=O)(=O)N2CCNCC2)cc1OC.Cc1ccc(S(=O)(=O)N2CCNCC2)cc1. The summed E-state index contributed by atoms with van der Waals surface area (Å²) >= 11 is 0. The molecule has 2 aliphatic rings. The van der Waals surface area contributed by atoms with Crippen LogP contribution >= 0.6 is 0 Å². The zero-order chi connectivity index (χ0) is 25.5. The van der Waals surface area contributed by atoms with Gasteiger partial charge in [0.05, 0.1) is 24.0 Å². The van der Waals surface area contributed by atoms with E-state index >= 15 is 0 Å². The topological polar surface area (TPSA) is 117 Å². The maximum absolute atomic E-state index is 12.5. The smallest absolute Gasteiger partial charge is 0.243 e. The number of ether oxygens (including phenoxy) is 2. The van der Waals surface area contributed by atoms with Crippen LogP contribution in [0.25, 0.3) is 0 Å². The number of hydrogen-bond acceptors (Lipinski definition) is 8. The average molecular weight is 527 g/mol. The van der Waals surface area contributed by atoms with Gasteiger partial charge in [0.2, 0.25) is 20.0 Å². The maximum atomic E-state index is 12.5. The number of methoxy groups -OCH3 is 2. The summed E-state index contributed by atoms with van der Waals surface area (Å²) in [5.74, 6) is 0.931. The molecule has 2 heterocycles. The van der Waals surface area contributed by atoms with Gasteiger partial charge in [-0.05, 0) is 31.2 Å². The predicted molar refractivity (Wildman–Crippen MR) is 134 cm³/mol. The zero-order valence-electron chi connectivity index (χ0n) is 20.4. The van der Waals surface area contributed by atoms with Crippen LogP contribution in [0.3, 0.4) is 0 Å². The lowest BCUT2D eigenvalue weighted by Crippen LogP contribution is -2.46. The summed E-state index contributed by atoms with van der Waals surface area (Å²) in [5.41, 5.74) is 1.07. The molecule has 2 aromatic carbocycles. The summed E-state index contributed by atoms with van der Waals surface area (Å²) in [6.45, 7) is 6.82. The normalized spacial score (nSPS) is 17.8. The summed E-state index contributed by atoms with van der Waals surface area (Å²) in [5, 5.41) is 6.27. The molecule has 0 aromatic heterocycles. The second-order valence-corrected chi connectivity index (χ2v) is 12.0. The summed E-state index contributed by atoms with van der Waals surface area (Å²) in [6.07, 6.45) is 0.